The number of benzene rings is 1. The number of aryl methyl sites for hydroxylation is 1. The molecule has 0 spiro atoms. The molecule has 0 saturated carbocycles. The molecule has 3 aliphatic heterocycles. The first kappa shape index (κ1) is 20.0. The molecular formula is C25H22N5O2+. The van der Waals surface area contributed by atoms with Gasteiger partial charge in [-0.15, -0.1) is 0 Å². The number of carbonyl (C=O) groups excluding carboxylic acids is 1. The van der Waals surface area contributed by atoms with E-state index >= 15 is 0 Å². The average molecular weight is 424 g/mol. The van der Waals surface area contributed by atoms with Crippen LogP contribution in [0.1, 0.15) is 27.0 Å². The van der Waals surface area contributed by atoms with Crippen LogP contribution in [0.15, 0.2) is 76.9 Å². The van der Waals surface area contributed by atoms with Gasteiger partial charge in [0.2, 0.25) is 6.20 Å². The number of amides is 1. The zero-order valence-electron chi connectivity index (χ0n) is 17.7. The number of allylic oxidation sites excluding steroid dienone is 1. The Labute approximate surface area is 186 Å². The lowest BCUT2D eigenvalue weighted by molar-refractivity contribution is -0.546. The van der Waals surface area contributed by atoms with Gasteiger partial charge in [-0.05, 0) is 35.8 Å². The van der Waals surface area contributed by atoms with Crippen molar-refractivity contribution in [3.63, 3.8) is 0 Å². The highest BCUT2D eigenvalue weighted by Crippen LogP contribution is 2.22. The van der Waals surface area contributed by atoms with Gasteiger partial charge in [-0.2, -0.15) is 0 Å². The quantitative estimate of drug-likeness (QED) is 0.550. The molecule has 0 N–H and O–H groups in total. The van der Waals surface area contributed by atoms with Gasteiger partial charge < -0.3 is 9.64 Å². The molecule has 7 heteroatoms. The van der Waals surface area contributed by atoms with Crippen molar-refractivity contribution in [3.05, 3.63) is 89.0 Å². The fourth-order valence-corrected chi connectivity index (χ4v) is 3.72. The molecule has 7 nitrogen and oxygen atoms in total. The number of pyridine rings is 1. The standard InChI is InChI=1S/C25H22N5O2/c1-18-16-26-10-8-19(18)2-7-22-17-27-30-11-9-23(28-24(22)30)20-3-5-21(6-4-20)25(31)29-12-14-32-15-13-29/h3-6,8-11,16-17,24H,12-15H2,1H3/q+1. The Morgan fingerprint density at radius 2 is 1.97 bits per heavy atom. The second kappa shape index (κ2) is 8.69. The maximum atomic E-state index is 12.7. The second-order valence-corrected chi connectivity index (χ2v) is 7.71. The largest absolute Gasteiger partial charge is 0.378 e. The topological polar surface area (TPSA) is 70.2 Å². The summed E-state index contributed by atoms with van der Waals surface area (Å²) in [6.07, 6.45) is 8.85. The van der Waals surface area contributed by atoms with E-state index in [4.69, 9.17) is 9.73 Å². The third-order valence-corrected chi connectivity index (χ3v) is 5.59. The number of morpholine rings is 1. The molecule has 32 heavy (non-hydrogen) atoms. The fraction of sp³-hybridized carbons (Fsp3) is 0.240. The number of nitrogens with zero attached hydrogens (tertiary/aromatic N) is 5. The predicted octanol–water partition coefficient (Wildman–Crippen LogP) is 2.92. The predicted molar refractivity (Wildman–Crippen MR) is 119 cm³/mol. The summed E-state index contributed by atoms with van der Waals surface area (Å²) in [6, 6.07) is 9.50. The van der Waals surface area contributed by atoms with Gasteiger partial charge in [-0.3, -0.25) is 9.78 Å². The van der Waals surface area contributed by atoms with Crippen LogP contribution < -0.4 is 0 Å². The molecule has 0 aliphatic carbocycles. The highest BCUT2D eigenvalue weighted by atomic mass is 16.5. The molecular weight excluding hydrogens is 402 g/mol. The molecule has 2 aromatic rings. The monoisotopic (exact) mass is 424 g/mol. The molecule has 1 unspecified atom stereocenters. The van der Waals surface area contributed by atoms with Gasteiger partial charge in [0.25, 0.3) is 5.91 Å². The van der Waals surface area contributed by atoms with Gasteiger partial charge in [-0.25, -0.2) is 4.99 Å². The van der Waals surface area contributed by atoms with E-state index in [1.165, 1.54) is 0 Å². The van der Waals surface area contributed by atoms with Gasteiger partial charge >= 0.3 is 6.17 Å². The van der Waals surface area contributed by atoms with E-state index in [2.05, 4.69) is 21.9 Å². The van der Waals surface area contributed by atoms with Crippen molar-refractivity contribution in [1.82, 2.24) is 9.88 Å². The average Bonchev–Trinajstić information content (AvgIpc) is 3.26. The highest BCUT2D eigenvalue weighted by molar-refractivity contribution is 6.09. The van der Waals surface area contributed by atoms with Crippen molar-refractivity contribution in [1.29, 1.82) is 0 Å². The van der Waals surface area contributed by atoms with E-state index in [9.17, 15) is 4.79 Å². The number of ether oxygens (including phenoxy) is 1. The fourth-order valence-electron chi connectivity index (χ4n) is 3.72. The van der Waals surface area contributed by atoms with Crippen molar-refractivity contribution in [3.8, 4) is 11.8 Å². The van der Waals surface area contributed by atoms with Crippen molar-refractivity contribution in [2.45, 2.75) is 13.1 Å². The van der Waals surface area contributed by atoms with Crippen LogP contribution >= 0.6 is 0 Å². The van der Waals surface area contributed by atoms with Gasteiger partial charge in [0.05, 0.1) is 18.9 Å². The Kier molecular flexibility index (Phi) is 5.44. The van der Waals surface area contributed by atoms with E-state index in [0.29, 0.717) is 31.9 Å². The first-order valence-electron chi connectivity index (χ1n) is 10.5. The summed E-state index contributed by atoms with van der Waals surface area (Å²) in [5, 5.41) is 4.39. The zero-order valence-corrected chi connectivity index (χ0v) is 17.7. The number of carbonyl (C=O) groups is 1. The van der Waals surface area contributed by atoms with Crippen LogP contribution in [0, 0.1) is 18.8 Å². The Balaban J connectivity index is 1.34. The van der Waals surface area contributed by atoms with Crippen LogP contribution in [-0.2, 0) is 4.74 Å². The van der Waals surface area contributed by atoms with E-state index in [1.54, 1.807) is 23.3 Å². The van der Waals surface area contributed by atoms with E-state index in [-0.39, 0.29) is 12.1 Å². The minimum atomic E-state index is -0.278. The maximum absolute atomic E-state index is 12.7. The van der Waals surface area contributed by atoms with E-state index in [1.807, 2.05) is 54.4 Å². The smallest absolute Gasteiger partial charge is 0.312 e. The number of azo groups is 2. The van der Waals surface area contributed by atoms with Crippen molar-refractivity contribution in [2.75, 3.05) is 26.3 Å². The highest BCUT2D eigenvalue weighted by Gasteiger charge is 2.33. The van der Waals surface area contributed by atoms with Crippen LogP contribution in [-0.4, -0.2) is 58.7 Å². The van der Waals surface area contributed by atoms with Gasteiger partial charge in [0.15, 0.2) is 0 Å². The van der Waals surface area contributed by atoms with E-state index < -0.39 is 0 Å². The second-order valence-electron chi connectivity index (χ2n) is 7.71. The van der Waals surface area contributed by atoms with Crippen molar-refractivity contribution >= 4 is 11.6 Å². The zero-order chi connectivity index (χ0) is 21.9. The van der Waals surface area contributed by atoms with Crippen LogP contribution in [0.5, 0.6) is 0 Å². The third-order valence-electron chi connectivity index (χ3n) is 5.59. The molecule has 158 valence electrons. The summed E-state index contributed by atoms with van der Waals surface area (Å²) in [6.45, 7) is 4.43. The molecule has 3 aliphatic rings. The minimum absolute atomic E-state index is 0.0358. The number of hydrogen-bond acceptors (Lipinski definition) is 5. The Morgan fingerprint density at radius 3 is 2.75 bits per heavy atom. The molecule has 1 aromatic carbocycles. The molecule has 1 fully saturated rings. The third kappa shape index (κ3) is 4.01. The Hall–Kier alpha value is -3.89. The summed E-state index contributed by atoms with van der Waals surface area (Å²) < 4.78 is 7.12. The van der Waals surface area contributed by atoms with E-state index in [0.717, 1.165) is 28.0 Å². The lowest BCUT2D eigenvalue weighted by atomic mass is 10.0. The molecule has 4 heterocycles. The number of hydrogen-bond donors (Lipinski definition) is 0. The first-order valence-corrected chi connectivity index (χ1v) is 10.5. The number of aliphatic imine (C=N–C) groups is 1. The molecule has 1 amide bonds. The van der Waals surface area contributed by atoms with Crippen LogP contribution in [0.2, 0.25) is 0 Å². The van der Waals surface area contributed by atoms with Gasteiger partial charge in [0, 0.05) is 48.2 Å². The molecule has 5 rings (SSSR count). The maximum Gasteiger partial charge on any atom is 0.312 e. The molecule has 1 saturated heterocycles. The molecule has 1 aromatic heterocycles. The normalized spacial score (nSPS) is 19.3. The summed E-state index contributed by atoms with van der Waals surface area (Å²) in [5.74, 6) is 6.46. The summed E-state index contributed by atoms with van der Waals surface area (Å²) >= 11 is 0. The Bertz CT molecular complexity index is 1240. The SMILES string of the molecule is Cc1cnccc1C#CC1=CN=[N+]2C=CC(c3ccc(C(=O)N4CCOCC4)cc3)=NC12. The summed E-state index contributed by atoms with van der Waals surface area (Å²) in [4.78, 5) is 23.5. The number of fused-ring (bicyclic) bond motifs is 1. The van der Waals surface area contributed by atoms with Crippen molar-refractivity contribution in [2.24, 2.45) is 10.1 Å². The van der Waals surface area contributed by atoms with Crippen LogP contribution in [0.3, 0.4) is 0 Å². The number of rotatable bonds is 2. The van der Waals surface area contributed by atoms with Gasteiger partial charge in [0.1, 0.15) is 11.8 Å². The number of aromatic nitrogens is 1. The Morgan fingerprint density at radius 1 is 1.16 bits per heavy atom. The summed E-state index contributed by atoms with van der Waals surface area (Å²) in [7, 11) is 0. The summed E-state index contributed by atoms with van der Waals surface area (Å²) in [5.41, 5.74) is 5.27. The lowest BCUT2D eigenvalue weighted by Gasteiger charge is -2.26. The van der Waals surface area contributed by atoms with Gasteiger partial charge in [-0.1, -0.05) is 28.7 Å². The first-order chi connectivity index (χ1) is 15.7. The minimum Gasteiger partial charge on any atom is -0.378 e. The molecule has 0 bridgehead atoms. The van der Waals surface area contributed by atoms with Crippen molar-refractivity contribution < 1.29 is 14.2 Å². The molecule has 1 atom stereocenters. The molecule has 0 radical (unpaired) electrons. The lowest BCUT2D eigenvalue weighted by Crippen LogP contribution is -2.40. The van der Waals surface area contributed by atoms with Crippen LogP contribution in [0.25, 0.3) is 0 Å². The van der Waals surface area contributed by atoms with Crippen LogP contribution in [0.4, 0.5) is 0 Å².